The lowest BCUT2D eigenvalue weighted by Gasteiger charge is -2.04. The van der Waals surface area contributed by atoms with Crippen LogP contribution in [0, 0.1) is 20.2 Å². The van der Waals surface area contributed by atoms with Crippen LogP contribution in [-0.4, -0.2) is 32.0 Å². The molecule has 0 aromatic heterocycles. The molecule has 2 aromatic carbocycles. The number of carbonyl (C=O) groups is 2. The van der Waals surface area contributed by atoms with Gasteiger partial charge in [-0.25, -0.2) is 9.59 Å². The molecule has 0 aliphatic heterocycles. The van der Waals surface area contributed by atoms with E-state index in [2.05, 4.69) is 0 Å². The van der Waals surface area contributed by atoms with E-state index in [0.29, 0.717) is 0 Å². The Balaban J connectivity index is 1.67. The SMILES string of the molecule is O=C(Oc1ccc([N+](=O)[O-])cc1)SCCSC(=O)Oc1ccc([N+](=O)[O-])cc1. The molecule has 2 aromatic rings. The van der Waals surface area contributed by atoms with Crippen molar-refractivity contribution in [1.82, 2.24) is 0 Å². The molecule has 0 fully saturated rings. The summed E-state index contributed by atoms with van der Waals surface area (Å²) in [6.07, 6.45) is 0. The maximum atomic E-state index is 11.7. The highest BCUT2D eigenvalue weighted by Crippen LogP contribution is 2.21. The van der Waals surface area contributed by atoms with Crippen LogP contribution in [0.1, 0.15) is 0 Å². The van der Waals surface area contributed by atoms with Gasteiger partial charge >= 0.3 is 10.6 Å². The van der Waals surface area contributed by atoms with E-state index in [4.69, 9.17) is 9.47 Å². The molecular formula is C16H12N2O8S2. The van der Waals surface area contributed by atoms with Crippen LogP contribution in [0.3, 0.4) is 0 Å². The Morgan fingerprint density at radius 3 is 1.32 bits per heavy atom. The lowest BCUT2D eigenvalue weighted by molar-refractivity contribution is -0.385. The highest BCUT2D eigenvalue weighted by molar-refractivity contribution is 8.16. The summed E-state index contributed by atoms with van der Waals surface area (Å²) in [6, 6.07) is 10.1. The van der Waals surface area contributed by atoms with E-state index >= 15 is 0 Å². The van der Waals surface area contributed by atoms with Crippen molar-refractivity contribution in [2.45, 2.75) is 0 Å². The monoisotopic (exact) mass is 424 g/mol. The maximum absolute atomic E-state index is 11.7. The largest absolute Gasteiger partial charge is 0.418 e. The third-order valence-electron chi connectivity index (χ3n) is 3.02. The fourth-order valence-corrected chi connectivity index (χ4v) is 3.08. The molecule has 0 unspecified atom stereocenters. The van der Waals surface area contributed by atoms with Crippen molar-refractivity contribution in [2.75, 3.05) is 11.5 Å². The van der Waals surface area contributed by atoms with Crippen molar-refractivity contribution in [1.29, 1.82) is 0 Å². The lowest BCUT2D eigenvalue weighted by Crippen LogP contribution is -2.05. The number of hydrogen-bond acceptors (Lipinski definition) is 10. The molecule has 12 heteroatoms. The molecule has 0 bridgehead atoms. The molecule has 0 heterocycles. The minimum atomic E-state index is -0.613. The predicted molar refractivity (Wildman–Crippen MR) is 103 cm³/mol. The van der Waals surface area contributed by atoms with Crippen molar-refractivity contribution >= 4 is 45.5 Å². The number of nitro benzene ring substituents is 2. The van der Waals surface area contributed by atoms with Crippen LogP contribution in [0.5, 0.6) is 11.5 Å². The summed E-state index contributed by atoms with van der Waals surface area (Å²) < 4.78 is 10.0. The van der Waals surface area contributed by atoms with Gasteiger partial charge < -0.3 is 9.47 Å². The first-order valence-electron chi connectivity index (χ1n) is 7.53. The Morgan fingerprint density at radius 1 is 0.714 bits per heavy atom. The molecule has 0 saturated carbocycles. The number of carbonyl (C=O) groups excluding carboxylic acids is 2. The zero-order valence-corrected chi connectivity index (χ0v) is 15.6. The van der Waals surface area contributed by atoms with E-state index < -0.39 is 20.4 Å². The molecule has 0 aliphatic carbocycles. The Bertz CT molecular complexity index is 798. The van der Waals surface area contributed by atoms with E-state index in [1.165, 1.54) is 48.5 Å². The number of non-ortho nitro benzene ring substituents is 2. The Kier molecular flexibility index (Phi) is 7.77. The van der Waals surface area contributed by atoms with Crippen LogP contribution in [0.15, 0.2) is 48.5 Å². The van der Waals surface area contributed by atoms with Crippen LogP contribution in [0.2, 0.25) is 0 Å². The number of hydrogen-bond donors (Lipinski definition) is 0. The van der Waals surface area contributed by atoms with Crippen LogP contribution in [-0.2, 0) is 0 Å². The van der Waals surface area contributed by atoms with E-state index in [1.54, 1.807) is 0 Å². The standard InChI is InChI=1S/C16H12N2O8S2/c19-15(25-13-5-1-11(2-6-13)17(21)22)27-9-10-28-16(20)26-14-7-3-12(4-8-14)18(23)24/h1-8H,9-10H2. The van der Waals surface area contributed by atoms with Gasteiger partial charge in [-0.05, 0) is 47.8 Å². The van der Waals surface area contributed by atoms with Gasteiger partial charge in [0.25, 0.3) is 11.4 Å². The summed E-state index contributed by atoms with van der Waals surface area (Å²) in [6.45, 7) is 0. The van der Waals surface area contributed by atoms with Gasteiger partial charge in [-0.1, -0.05) is 0 Å². The molecule has 0 N–H and O–H groups in total. The van der Waals surface area contributed by atoms with E-state index in [9.17, 15) is 29.8 Å². The molecule has 0 aliphatic rings. The van der Waals surface area contributed by atoms with Crippen LogP contribution in [0.25, 0.3) is 0 Å². The molecule has 0 spiro atoms. The third kappa shape index (κ3) is 6.89. The summed E-state index contributed by atoms with van der Waals surface area (Å²) in [4.78, 5) is 43.3. The molecule has 10 nitrogen and oxygen atoms in total. The average Bonchev–Trinajstić information content (AvgIpc) is 2.66. The molecule has 0 amide bonds. The normalized spacial score (nSPS) is 10.1. The van der Waals surface area contributed by atoms with Crippen LogP contribution < -0.4 is 9.47 Å². The fourth-order valence-electron chi connectivity index (χ4n) is 1.77. The van der Waals surface area contributed by atoms with Crippen LogP contribution in [0.4, 0.5) is 21.0 Å². The zero-order valence-electron chi connectivity index (χ0n) is 14.0. The maximum Gasteiger partial charge on any atom is 0.372 e. The lowest BCUT2D eigenvalue weighted by atomic mass is 10.3. The second-order valence-corrected chi connectivity index (χ2v) is 6.96. The Labute approximate surface area is 166 Å². The van der Waals surface area contributed by atoms with Gasteiger partial charge in [0.05, 0.1) is 9.85 Å². The summed E-state index contributed by atoms with van der Waals surface area (Å²) >= 11 is 1.67. The van der Waals surface area contributed by atoms with E-state index in [1.807, 2.05) is 0 Å². The van der Waals surface area contributed by atoms with Gasteiger partial charge in [0.15, 0.2) is 0 Å². The number of benzene rings is 2. The zero-order chi connectivity index (χ0) is 20.5. The molecular weight excluding hydrogens is 412 g/mol. The van der Waals surface area contributed by atoms with Gasteiger partial charge in [0.1, 0.15) is 11.5 Å². The second kappa shape index (κ2) is 10.3. The second-order valence-electron chi connectivity index (χ2n) is 4.90. The smallest absolute Gasteiger partial charge is 0.372 e. The van der Waals surface area contributed by atoms with Crippen LogP contribution >= 0.6 is 23.5 Å². The number of nitrogens with zero attached hydrogens (tertiary/aromatic N) is 2. The number of rotatable bonds is 7. The minimum absolute atomic E-state index is 0.115. The first kappa shape index (κ1) is 21.2. The molecule has 0 radical (unpaired) electrons. The average molecular weight is 424 g/mol. The topological polar surface area (TPSA) is 139 Å². The first-order chi connectivity index (χ1) is 13.3. The molecule has 2 rings (SSSR count). The fraction of sp³-hybridized carbons (Fsp3) is 0.125. The van der Waals surface area contributed by atoms with Crippen molar-refractivity contribution in [3.63, 3.8) is 0 Å². The predicted octanol–water partition coefficient (Wildman–Crippen LogP) is 4.67. The summed E-state index contributed by atoms with van der Waals surface area (Å²) in [5.41, 5.74) is -0.231. The van der Waals surface area contributed by atoms with Gasteiger partial charge in [-0.3, -0.25) is 20.2 Å². The Morgan fingerprint density at radius 2 is 1.04 bits per heavy atom. The van der Waals surface area contributed by atoms with Crippen molar-refractivity contribution in [3.8, 4) is 11.5 Å². The highest BCUT2D eigenvalue weighted by Gasteiger charge is 2.11. The highest BCUT2D eigenvalue weighted by atomic mass is 32.2. The quantitative estimate of drug-likeness (QED) is 0.266. The van der Waals surface area contributed by atoms with Crippen molar-refractivity contribution in [2.24, 2.45) is 0 Å². The van der Waals surface area contributed by atoms with Gasteiger partial charge in [0.2, 0.25) is 0 Å². The molecule has 0 atom stereocenters. The van der Waals surface area contributed by atoms with E-state index in [0.717, 1.165) is 23.5 Å². The minimum Gasteiger partial charge on any atom is -0.418 e. The number of nitro groups is 2. The Hall–Kier alpha value is -3.12. The summed E-state index contributed by atoms with van der Waals surface area (Å²) in [5.74, 6) is 0.888. The third-order valence-corrected chi connectivity index (χ3v) is 4.73. The number of ether oxygens (including phenoxy) is 2. The van der Waals surface area contributed by atoms with Gasteiger partial charge in [-0.2, -0.15) is 0 Å². The van der Waals surface area contributed by atoms with Crippen molar-refractivity contribution in [3.05, 3.63) is 68.8 Å². The van der Waals surface area contributed by atoms with Crippen molar-refractivity contribution < 1.29 is 28.9 Å². The first-order valence-corrected chi connectivity index (χ1v) is 9.50. The molecule has 28 heavy (non-hydrogen) atoms. The molecule has 0 saturated heterocycles. The van der Waals surface area contributed by atoms with Gasteiger partial charge in [0, 0.05) is 35.8 Å². The van der Waals surface area contributed by atoms with E-state index in [-0.39, 0.29) is 34.4 Å². The summed E-state index contributed by atoms with van der Waals surface area (Å²) in [7, 11) is 0. The summed E-state index contributed by atoms with van der Waals surface area (Å²) in [5, 5.41) is 19.9. The van der Waals surface area contributed by atoms with Gasteiger partial charge in [-0.15, -0.1) is 0 Å². The number of thioether (sulfide) groups is 2. The molecule has 146 valence electrons.